The number of rotatable bonds is 9. The number of ketones is 1. The summed E-state index contributed by atoms with van der Waals surface area (Å²) in [5.41, 5.74) is 1.90. The van der Waals surface area contributed by atoms with Crippen LogP contribution < -0.4 is 9.47 Å². The molecule has 3 aromatic rings. The third-order valence-electron chi connectivity index (χ3n) is 4.61. The predicted molar refractivity (Wildman–Crippen MR) is 154 cm³/mol. The molecular weight excluding hydrogens is 524 g/mol. The Morgan fingerprint density at radius 2 is 1.45 bits per heavy atom. The lowest BCUT2D eigenvalue weighted by atomic mass is 10.1. The summed E-state index contributed by atoms with van der Waals surface area (Å²) < 4.78 is 15.4. The van der Waals surface area contributed by atoms with Crippen LogP contribution in [-0.2, 0) is 9.53 Å². The molecule has 0 fully saturated rings. The zero-order valence-electron chi connectivity index (χ0n) is 22.3. The average molecular weight is 557 g/mol. The fraction of sp³-hybridized carbons (Fsp3) is 0.233. The van der Waals surface area contributed by atoms with Crippen LogP contribution in [0.3, 0.4) is 0 Å². The maximum atomic E-state index is 12.2. The Morgan fingerprint density at radius 1 is 0.895 bits per heavy atom. The molecule has 3 rings (SSSR count). The molecular formula is C30H33ClO6S. The number of hydrogen-bond acceptors (Lipinski definition) is 7. The van der Waals surface area contributed by atoms with Crippen LogP contribution in [0.15, 0.2) is 84.3 Å². The molecule has 0 spiro atoms. The Kier molecular flexibility index (Phi) is 15.4. The summed E-state index contributed by atoms with van der Waals surface area (Å²) in [5, 5.41) is 0.170. The largest absolute Gasteiger partial charge is 0.423 e. The van der Waals surface area contributed by atoms with Crippen LogP contribution in [-0.4, -0.2) is 37.2 Å². The van der Waals surface area contributed by atoms with Crippen molar-refractivity contribution >= 4 is 41.1 Å². The number of esters is 2. The van der Waals surface area contributed by atoms with Crippen LogP contribution >= 0.6 is 23.4 Å². The molecule has 0 aliphatic rings. The van der Waals surface area contributed by atoms with Gasteiger partial charge in [-0.1, -0.05) is 49.7 Å². The molecule has 0 heterocycles. The lowest BCUT2D eigenvalue weighted by Gasteiger charge is -2.09. The summed E-state index contributed by atoms with van der Waals surface area (Å²) in [5.74, 6) is -0.615. The van der Waals surface area contributed by atoms with Gasteiger partial charge < -0.3 is 14.2 Å². The van der Waals surface area contributed by atoms with E-state index in [-0.39, 0.29) is 28.9 Å². The molecule has 0 unspecified atom stereocenters. The lowest BCUT2D eigenvalue weighted by Crippen LogP contribution is -2.10. The number of carbonyl (C=O) groups excluding carboxylic acids is 3. The van der Waals surface area contributed by atoms with Crippen molar-refractivity contribution in [3.63, 3.8) is 0 Å². The van der Waals surface area contributed by atoms with Gasteiger partial charge in [-0.05, 0) is 74.7 Å². The summed E-state index contributed by atoms with van der Waals surface area (Å²) in [4.78, 5) is 35.8. The number of halogens is 1. The van der Waals surface area contributed by atoms with Crippen LogP contribution in [0, 0.1) is 6.92 Å². The molecule has 0 bridgehead atoms. The molecule has 0 saturated heterocycles. The van der Waals surface area contributed by atoms with E-state index in [2.05, 4.69) is 6.58 Å². The second kappa shape index (κ2) is 18.0. The van der Waals surface area contributed by atoms with Gasteiger partial charge in [-0.15, -0.1) is 11.8 Å². The fourth-order valence-corrected chi connectivity index (χ4v) is 3.25. The molecule has 0 aliphatic carbocycles. The molecule has 0 atom stereocenters. The first-order valence-electron chi connectivity index (χ1n) is 11.9. The van der Waals surface area contributed by atoms with Crippen molar-refractivity contribution in [2.75, 3.05) is 19.5 Å². The van der Waals surface area contributed by atoms with Gasteiger partial charge in [0, 0.05) is 17.6 Å². The molecule has 0 aromatic heterocycles. The first-order valence-corrected chi connectivity index (χ1v) is 13.5. The topological polar surface area (TPSA) is 78.9 Å². The first kappa shape index (κ1) is 32.6. The smallest absolute Gasteiger partial charge is 0.343 e. The molecule has 0 radical (unpaired) electrons. The number of thioether (sulfide) groups is 1. The van der Waals surface area contributed by atoms with Gasteiger partial charge in [0.05, 0.1) is 16.1 Å². The van der Waals surface area contributed by atoms with Crippen molar-refractivity contribution in [2.45, 2.75) is 32.6 Å². The molecule has 202 valence electrons. The van der Waals surface area contributed by atoms with E-state index >= 15 is 0 Å². The second-order valence-corrected chi connectivity index (χ2v) is 8.56. The van der Waals surface area contributed by atoms with Gasteiger partial charge in [0.1, 0.15) is 18.1 Å². The van der Waals surface area contributed by atoms with Crippen molar-refractivity contribution < 1.29 is 28.6 Å². The van der Waals surface area contributed by atoms with E-state index < -0.39 is 11.9 Å². The monoisotopic (exact) mass is 556 g/mol. The van der Waals surface area contributed by atoms with Crippen LogP contribution in [0.1, 0.15) is 47.1 Å². The highest BCUT2D eigenvalue weighted by atomic mass is 35.5. The Bertz CT molecular complexity index is 1190. The molecule has 0 N–H and O–H groups in total. The van der Waals surface area contributed by atoms with Crippen LogP contribution in [0.25, 0.3) is 0 Å². The third kappa shape index (κ3) is 11.3. The van der Waals surface area contributed by atoms with Crippen LogP contribution in [0.5, 0.6) is 11.5 Å². The summed E-state index contributed by atoms with van der Waals surface area (Å²) in [7, 11) is 0. The van der Waals surface area contributed by atoms with Crippen molar-refractivity contribution in [2.24, 2.45) is 0 Å². The van der Waals surface area contributed by atoms with E-state index in [1.54, 1.807) is 36.0 Å². The third-order valence-corrected chi connectivity index (χ3v) is 5.64. The quantitative estimate of drug-likeness (QED) is 0.116. The Balaban J connectivity index is 0.000000620. The fourth-order valence-electron chi connectivity index (χ4n) is 2.63. The Labute approximate surface area is 233 Å². The lowest BCUT2D eigenvalue weighted by molar-refractivity contribution is -0.118. The van der Waals surface area contributed by atoms with E-state index in [1.165, 1.54) is 24.3 Å². The molecule has 0 aliphatic heterocycles. The highest BCUT2D eigenvalue weighted by molar-refractivity contribution is 7.98. The van der Waals surface area contributed by atoms with Crippen molar-refractivity contribution in [3.05, 3.63) is 101 Å². The summed E-state index contributed by atoms with van der Waals surface area (Å²) in [6.45, 7) is 11.8. The number of carbonyl (C=O) groups is 3. The van der Waals surface area contributed by atoms with E-state index in [0.717, 1.165) is 10.5 Å². The SMILES string of the molecule is C=CC(=O)COCC.CC.CSc1ccc(C(=O)Oc2ccc(OC(=O)c3ccc(C)cc3)c(Cl)c2)cc1. The minimum absolute atomic E-state index is 0.0631. The Hall–Kier alpha value is -3.39. The van der Waals surface area contributed by atoms with E-state index in [0.29, 0.717) is 17.7 Å². The molecule has 38 heavy (non-hydrogen) atoms. The first-order chi connectivity index (χ1) is 18.3. The standard InChI is InChI=1S/C22H17ClO4S.C6H10O2.C2H6/c1-14-3-5-15(6-4-14)22(25)27-20-12-9-17(13-19(20)23)26-21(24)16-7-10-18(28-2)11-8-16;1-3-6(7)5-8-4-2;1-2/h3-13H,1-2H3;3H,1,4-5H2,2H3;1-2H3. The number of hydrogen-bond donors (Lipinski definition) is 0. The van der Waals surface area contributed by atoms with Gasteiger partial charge in [-0.2, -0.15) is 0 Å². The van der Waals surface area contributed by atoms with Gasteiger partial charge in [0.25, 0.3) is 0 Å². The number of benzene rings is 3. The highest BCUT2D eigenvalue weighted by Gasteiger charge is 2.14. The zero-order valence-corrected chi connectivity index (χ0v) is 23.9. The van der Waals surface area contributed by atoms with E-state index in [9.17, 15) is 14.4 Å². The molecule has 0 amide bonds. The van der Waals surface area contributed by atoms with Gasteiger partial charge in [-0.25, -0.2) is 9.59 Å². The maximum absolute atomic E-state index is 12.2. The van der Waals surface area contributed by atoms with Gasteiger partial charge in [-0.3, -0.25) is 4.79 Å². The molecule has 0 saturated carbocycles. The van der Waals surface area contributed by atoms with Crippen molar-refractivity contribution in [3.8, 4) is 11.5 Å². The summed E-state index contributed by atoms with van der Waals surface area (Å²) >= 11 is 7.77. The van der Waals surface area contributed by atoms with E-state index in [4.69, 9.17) is 25.8 Å². The maximum Gasteiger partial charge on any atom is 0.343 e. The van der Waals surface area contributed by atoms with Gasteiger partial charge in [0.15, 0.2) is 5.78 Å². The van der Waals surface area contributed by atoms with Gasteiger partial charge >= 0.3 is 11.9 Å². The highest BCUT2D eigenvalue weighted by Crippen LogP contribution is 2.30. The molecule has 3 aromatic carbocycles. The normalized spacial score (nSPS) is 9.63. The van der Waals surface area contributed by atoms with E-state index in [1.807, 2.05) is 58.2 Å². The Morgan fingerprint density at radius 3 is 1.95 bits per heavy atom. The average Bonchev–Trinajstić information content (AvgIpc) is 2.95. The molecule has 8 heteroatoms. The zero-order chi connectivity index (χ0) is 28.5. The minimum Gasteiger partial charge on any atom is -0.423 e. The van der Waals surface area contributed by atoms with Crippen LogP contribution in [0.2, 0.25) is 5.02 Å². The van der Waals surface area contributed by atoms with Crippen LogP contribution in [0.4, 0.5) is 0 Å². The number of ether oxygens (including phenoxy) is 3. The second-order valence-electron chi connectivity index (χ2n) is 7.27. The molecule has 6 nitrogen and oxygen atoms in total. The number of aryl methyl sites for hydroxylation is 1. The van der Waals surface area contributed by atoms with Gasteiger partial charge in [0.2, 0.25) is 0 Å². The minimum atomic E-state index is -0.513. The summed E-state index contributed by atoms with van der Waals surface area (Å²) in [6, 6.07) is 18.6. The summed E-state index contributed by atoms with van der Waals surface area (Å²) in [6.07, 6.45) is 3.22. The van der Waals surface area contributed by atoms with Crippen molar-refractivity contribution in [1.29, 1.82) is 0 Å². The predicted octanol–water partition coefficient (Wildman–Crippen LogP) is 7.61. The van der Waals surface area contributed by atoms with Crippen molar-refractivity contribution in [1.82, 2.24) is 0 Å².